The van der Waals surface area contributed by atoms with Crippen molar-refractivity contribution in [1.82, 2.24) is 0 Å². The summed E-state index contributed by atoms with van der Waals surface area (Å²) in [4.78, 5) is 1.75. The van der Waals surface area contributed by atoms with Gasteiger partial charge in [0, 0.05) is 17.5 Å². The van der Waals surface area contributed by atoms with E-state index < -0.39 is 6.23 Å². The zero-order valence-electron chi connectivity index (χ0n) is 11.0. The SMILES string of the molecule is CCC1=CC(OC)=C(C#N)C(O)N1c1ccccc1. The summed E-state index contributed by atoms with van der Waals surface area (Å²) in [6.45, 7) is 2.00. The molecule has 4 nitrogen and oxygen atoms in total. The van der Waals surface area contributed by atoms with E-state index in [0.29, 0.717) is 5.76 Å². The number of aliphatic hydroxyl groups is 1. The Labute approximate surface area is 112 Å². The number of ether oxygens (including phenoxy) is 1. The number of nitriles is 1. The minimum Gasteiger partial charge on any atom is -0.495 e. The molecule has 0 saturated heterocycles. The smallest absolute Gasteiger partial charge is 0.170 e. The van der Waals surface area contributed by atoms with Crippen LogP contribution in [-0.4, -0.2) is 18.4 Å². The van der Waals surface area contributed by atoms with Gasteiger partial charge in [-0.1, -0.05) is 25.1 Å². The fraction of sp³-hybridized carbons (Fsp3) is 0.267. The molecule has 19 heavy (non-hydrogen) atoms. The van der Waals surface area contributed by atoms with E-state index in [1.54, 1.807) is 11.0 Å². The van der Waals surface area contributed by atoms with Crippen LogP contribution in [0.2, 0.25) is 0 Å². The van der Waals surface area contributed by atoms with Crippen molar-refractivity contribution in [1.29, 1.82) is 5.26 Å². The third-order valence-electron chi connectivity index (χ3n) is 3.11. The highest BCUT2D eigenvalue weighted by atomic mass is 16.5. The molecule has 0 radical (unpaired) electrons. The van der Waals surface area contributed by atoms with Crippen molar-refractivity contribution in [2.24, 2.45) is 0 Å². The minimum atomic E-state index is -1.01. The Morgan fingerprint density at radius 1 is 1.37 bits per heavy atom. The van der Waals surface area contributed by atoms with Crippen molar-refractivity contribution in [3.63, 3.8) is 0 Å². The summed E-state index contributed by atoms with van der Waals surface area (Å²) in [5.74, 6) is 0.430. The van der Waals surface area contributed by atoms with E-state index in [2.05, 4.69) is 0 Å². The number of hydrogen-bond donors (Lipinski definition) is 1. The van der Waals surface area contributed by atoms with Gasteiger partial charge >= 0.3 is 0 Å². The molecule has 1 heterocycles. The molecule has 1 aliphatic rings. The van der Waals surface area contributed by atoms with Crippen molar-refractivity contribution in [3.05, 3.63) is 53.4 Å². The van der Waals surface area contributed by atoms with Gasteiger partial charge in [-0.25, -0.2) is 0 Å². The predicted octanol–water partition coefficient (Wildman–Crippen LogP) is 2.54. The fourth-order valence-corrected chi connectivity index (χ4v) is 2.16. The lowest BCUT2D eigenvalue weighted by atomic mass is 10.0. The Balaban J connectivity index is 2.51. The molecule has 0 aromatic heterocycles. The first-order valence-corrected chi connectivity index (χ1v) is 6.14. The molecule has 1 aromatic carbocycles. The van der Waals surface area contributed by atoms with Crippen molar-refractivity contribution < 1.29 is 9.84 Å². The van der Waals surface area contributed by atoms with Crippen LogP contribution in [0.3, 0.4) is 0 Å². The second-order valence-corrected chi connectivity index (χ2v) is 4.16. The van der Waals surface area contributed by atoms with Crippen LogP contribution in [-0.2, 0) is 4.74 Å². The quantitative estimate of drug-likeness (QED) is 0.903. The van der Waals surface area contributed by atoms with Crippen molar-refractivity contribution >= 4 is 5.69 Å². The standard InChI is InChI=1S/C15H16N2O2/c1-3-11-9-14(19-2)13(10-16)15(18)17(11)12-7-5-4-6-8-12/h4-9,15,18H,3H2,1-2H3. The Hall–Kier alpha value is -2.25. The monoisotopic (exact) mass is 256 g/mol. The van der Waals surface area contributed by atoms with E-state index in [9.17, 15) is 10.4 Å². The highest BCUT2D eigenvalue weighted by molar-refractivity contribution is 5.59. The number of rotatable bonds is 3. The Kier molecular flexibility index (Phi) is 3.88. The second kappa shape index (κ2) is 5.59. The van der Waals surface area contributed by atoms with Gasteiger partial charge < -0.3 is 14.7 Å². The summed E-state index contributed by atoms with van der Waals surface area (Å²) in [5, 5.41) is 19.6. The first-order chi connectivity index (χ1) is 9.22. The Morgan fingerprint density at radius 2 is 2.05 bits per heavy atom. The molecule has 98 valence electrons. The maximum atomic E-state index is 10.4. The molecule has 0 fully saturated rings. The molecule has 1 N–H and O–H groups in total. The number of nitrogens with zero attached hydrogens (tertiary/aromatic N) is 2. The van der Waals surface area contributed by atoms with E-state index in [1.165, 1.54) is 7.11 Å². The average Bonchev–Trinajstić information content (AvgIpc) is 2.46. The summed E-state index contributed by atoms with van der Waals surface area (Å²) in [5.41, 5.74) is 1.99. The molecule has 0 amide bonds. The van der Waals surface area contributed by atoms with Gasteiger partial charge in [0.25, 0.3) is 0 Å². The van der Waals surface area contributed by atoms with E-state index in [0.717, 1.165) is 17.8 Å². The van der Waals surface area contributed by atoms with Gasteiger partial charge in [0.05, 0.1) is 7.11 Å². The fourth-order valence-electron chi connectivity index (χ4n) is 2.16. The van der Waals surface area contributed by atoms with E-state index >= 15 is 0 Å². The van der Waals surface area contributed by atoms with E-state index in [4.69, 9.17) is 4.74 Å². The van der Waals surface area contributed by atoms with Gasteiger partial charge in [0.15, 0.2) is 6.23 Å². The summed E-state index contributed by atoms with van der Waals surface area (Å²) >= 11 is 0. The molecular weight excluding hydrogens is 240 g/mol. The summed E-state index contributed by atoms with van der Waals surface area (Å²) in [6, 6.07) is 11.5. The number of allylic oxidation sites excluding steroid dienone is 2. The van der Waals surface area contributed by atoms with Gasteiger partial charge in [-0.3, -0.25) is 0 Å². The van der Waals surface area contributed by atoms with Gasteiger partial charge in [-0.15, -0.1) is 0 Å². The highest BCUT2D eigenvalue weighted by Gasteiger charge is 2.30. The van der Waals surface area contributed by atoms with Crippen LogP contribution in [0.4, 0.5) is 5.69 Å². The van der Waals surface area contributed by atoms with Gasteiger partial charge in [-0.05, 0) is 18.6 Å². The number of anilines is 1. The van der Waals surface area contributed by atoms with Crippen LogP contribution in [0, 0.1) is 11.3 Å². The molecule has 0 spiro atoms. The molecule has 1 aromatic rings. The number of aliphatic hydroxyl groups excluding tert-OH is 1. The number of methoxy groups -OCH3 is 1. The van der Waals surface area contributed by atoms with Crippen LogP contribution >= 0.6 is 0 Å². The molecule has 2 rings (SSSR count). The average molecular weight is 256 g/mol. The Morgan fingerprint density at radius 3 is 2.58 bits per heavy atom. The normalized spacial score (nSPS) is 18.9. The van der Waals surface area contributed by atoms with Crippen molar-refractivity contribution in [2.45, 2.75) is 19.6 Å². The van der Waals surface area contributed by atoms with Crippen LogP contribution < -0.4 is 4.90 Å². The lowest BCUT2D eigenvalue weighted by molar-refractivity contribution is 0.198. The lowest BCUT2D eigenvalue weighted by Crippen LogP contribution is -2.38. The molecule has 1 unspecified atom stereocenters. The third-order valence-corrected chi connectivity index (χ3v) is 3.11. The van der Waals surface area contributed by atoms with Gasteiger partial charge in [-0.2, -0.15) is 5.26 Å². The van der Waals surface area contributed by atoms with Crippen LogP contribution in [0.5, 0.6) is 0 Å². The van der Waals surface area contributed by atoms with Crippen molar-refractivity contribution in [2.75, 3.05) is 12.0 Å². The highest BCUT2D eigenvalue weighted by Crippen LogP contribution is 2.31. The first-order valence-electron chi connectivity index (χ1n) is 6.14. The third kappa shape index (κ3) is 2.33. The van der Waals surface area contributed by atoms with Crippen LogP contribution in [0.25, 0.3) is 0 Å². The number of hydrogen-bond acceptors (Lipinski definition) is 4. The largest absolute Gasteiger partial charge is 0.495 e. The number of benzene rings is 1. The van der Waals surface area contributed by atoms with Crippen molar-refractivity contribution in [3.8, 4) is 6.07 Å². The molecule has 0 aliphatic carbocycles. The molecule has 1 atom stereocenters. The Bertz CT molecular complexity index is 555. The summed E-state index contributed by atoms with van der Waals surface area (Å²) in [6.07, 6.45) is 1.53. The van der Waals surface area contributed by atoms with E-state index in [-0.39, 0.29) is 5.57 Å². The molecule has 0 saturated carbocycles. The van der Waals surface area contributed by atoms with Crippen LogP contribution in [0.1, 0.15) is 13.3 Å². The lowest BCUT2D eigenvalue weighted by Gasteiger charge is -2.35. The van der Waals surface area contributed by atoms with Gasteiger partial charge in [0.1, 0.15) is 17.4 Å². The molecule has 0 bridgehead atoms. The zero-order valence-corrected chi connectivity index (χ0v) is 11.0. The van der Waals surface area contributed by atoms with E-state index in [1.807, 2.05) is 43.3 Å². The maximum Gasteiger partial charge on any atom is 0.170 e. The topological polar surface area (TPSA) is 56.5 Å². The van der Waals surface area contributed by atoms with Gasteiger partial charge in [0.2, 0.25) is 0 Å². The van der Waals surface area contributed by atoms with Crippen LogP contribution in [0.15, 0.2) is 53.4 Å². The zero-order chi connectivity index (χ0) is 13.8. The minimum absolute atomic E-state index is 0.226. The number of para-hydroxylation sites is 1. The summed E-state index contributed by atoms with van der Waals surface area (Å²) in [7, 11) is 1.50. The molecule has 4 heteroatoms. The predicted molar refractivity (Wildman–Crippen MR) is 72.9 cm³/mol. The second-order valence-electron chi connectivity index (χ2n) is 4.16. The maximum absolute atomic E-state index is 10.4. The first kappa shape index (κ1) is 13.2. The summed E-state index contributed by atoms with van der Waals surface area (Å²) < 4.78 is 5.18. The molecular formula is C15H16N2O2. The molecule has 1 aliphatic heterocycles.